The molecule has 216 valence electrons. The van der Waals surface area contributed by atoms with Crippen LogP contribution in [0.15, 0.2) is 106 Å². The van der Waals surface area contributed by atoms with Crippen molar-refractivity contribution in [2.24, 2.45) is 0 Å². The maximum absolute atomic E-state index is 14.1. The summed E-state index contributed by atoms with van der Waals surface area (Å²) in [7, 11) is 0. The summed E-state index contributed by atoms with van der Waals surface area (Å²) in [6.45, 7) is 0. The van der Waals surface area contributed by atoms with Crippen molar-refractivity contribution in [1.82, 2.24) is 25.4 Å². The van der Waals surface area contributed by atoms with E-state index >= 15 is 0 Å². The SMILES string of the molecule is O=C(Cc1ccccc1)NC1C(=O)N2C(C(=O)OC(c3ccccc3)c3ccccc3)C(c3n[nH]c(=O)[nH]c3=O)=CS[C@H]12. The fourth-order valence-electron chi connectivity index (χ4n) is 5.13. The fraction of sp³-hybridized carbons (Fsp3) is 0.161. The number of amides is 2. The molecule has 0 radical (unpaired) electrons. The van der Waals surface area contributed by atoms with E-state index in [2.05, 4.69) is 20.5 Å². The molecular formula is C31H25N5O6S. The Balaban J connectivity index is 1.32. The summed E-state index contributed by atoms with van der Waals surface area (Å²) in [5.41, 5.74) is 0.420. The molecule has 0 saturated carbocycles. The van der Waals surface area contributed by atoms with Gasteiger partial charge in [0.2, 0.25) is 11.8 Å². The van der Waals surface area contributed by atoms with Gasteiger partial charge in [-0.05, 0) is 22.1 Å². The fourth-order valence-corrected chi connectivity index (χ4v) is 6.36. The minimum atomic E-state index is -1.37. The van der Waals surface area contributed by atoms with Gasteiger partial charge in [0.05, 0.1) is 6.42 Å². The minimum Gasteiger partial charge on any atom is -0.451 e. The number of nitrogens with zero attached hydrogens (tertiary/aromatic N) is 2. The Morgan fingerprint density at radius 3 is 2.12 bits per heavy atom. The molecule has 11 nitrogen and oxygen atoms in total. The number of β-lactam (4-membered cyclic amide) rings is 1. The maximum atomic E-state index is 14.1. The Bertz CT molecular complexity index is 1770. The Kier molecular flexibility index (Phi) is 7.75. The zero-order valence-corrected chi connectivity index (χ0v) is 23.3. The van der Waals surface area contributed by atoms with Gasteiger partial charge in [0.25, 0.3) is 5.56 Å². The molecule has 0 spiro atoms. The molecule has 0 bridgehead atoms. The van der Waals surface area contributed by atoms with E-state index in [0.29, 0.717) is 11.1 Å². The minimum absolute atomic E-state index is 0.0844. The van der Waals surface area contributed by atoms with Gasteiger partial charge in [-0.3, -0.25) is 19.4 Å². The molecule has 1 fully saturated rings. The largest absolute Gasteiger partial charge is 0.451 e. The normalized spacial score (nSPS) is 19.2. The zero-order valence-electron chi connectivity index (χ0n) is 22.5. The van der Waals surface area contributed by atoms with Crippen molar-refractivity contribution in [1.29, 1.82) is 0 Å². The third-order valence-electron chi connectivity index (χ3n) is 7.16. The number of carbonyl (C=O) groups is 3. The number of carbonyl (C=O) groups excluding carboxylic acids is 3. The second kappa shape index (κ2) is 11.9. The molecule has 3 N–H and O–H groups in total. The van der Waals surface area contributed by atoms with Gasteiger partial charge in [-0.1, -0.05) is 91.0 Å². The van der Waals surface area contributed by atoms with Crippen LogP contribution < -0.4 is 16.6 Å². The molecule has 0 aliphatic carbocycles. The molecule has 6 rings (SSSR count). The first-order valence-corrected chi connectivity index (χ1v) is 14.4. The van der Waals surface area contributed by atoms with Crippen LogP contribution in [0.1, 0.15) is 28.5 Å². The van der Waals surface area contributed by atoms with Gasteiger partial charge < -0.3 is 15.0 Å². The van der Waals surface area contributed by atoms with Crippen LogP contribution in [-0.2, 0) is 25.5 Å². The first-order chi connectivity index (χ1) is 20.9. The molecular weight excluding hydrogens is 570 g/mol. The summed E-state index contributed by atoms with van der Waals surface area (Å²) in [5.74, 6) is -1.65. The summed E-state index contributed by atoms with van der Waals surface area (Å²) >= 11 is 1.16. The van der Waals surface area contributed by atoms with Gasteiger partial charge in [0.15, 0.2) is 17.8 Å². The van der Waals surface area contributed by atoms with E-state index in [1.165, 1.54) is 4.90 Å². The van der Waals surface area contributed by atoms with Crippen LogP contribution >= 0.6 is 11.8 Å². The number of benzene rings is 3. The number of esters is 1. The van der Waals surface area contributed by atoms with E-state index in [9.17, 15) is 24.0 Å². The Morgan fingerprint density at radius 1 is 0.907 bits per heavy atom. The van der Waals surface area contributed by atoms with E-state index in [-0.39, 0.29) is 23.6 Å². The van der Waals surface area contributed by atoms with Crippen molar-refractivity contribution in [3.63, 3.8) is 0 Å². The summed E-state index contributed by atoms with van der Waals surface area (Å²) in [4.78, 5) is 68.2. The topological polar surface area (TPSA) is 154 Å². The highest BCUT2D eigenvalue weighted by atomic mass is 32.2. The molecule has 2 unspecified atom stereocenters. The van der Waals surface area contributed by atoms with Crippen LogP contribution in [0.25, 0.3) is 5.57 Å². The Labute approximate surface area is 249 Å². The molecule has 4 aromatic rings. The van der Waals surface area contributed by atoms with Crippen molar-refractivity contribution in [3.05, 3.63) is 140 Å². The lowest BCUT2D eigenvalue weighted by molar-refractivity contribution is -0.164. The predicted molar refractivity (Wildman–Crippen MR) is 158 cm³/mol. The summed E-state index contributed by atoms with van der Waals surface area (Å²) < 4.78 is 6.09. The average Bonchev–Trinajstić information content (AvgIpc) is 3.03. The molecule has 3 heterocycles. The smallest absolute Gasteiger partial charge is 0.342 e. The summed E-state index contributed by atoms with van der Waals surface area (Å²) in [6, 6.07) is 25.1. The number of hydrogen-bond donors (Lipinski definition) is 3. The number of fused-ring (bicyclic) bond motifs is 1. The predicted octanol–water partition coefficient (Wildman–Crippen LogP) is 2.14. The lowest BCUT2D eigenvalue weighted by atomic mass is 9.95. The highest BCUT2D eigenvalue weighted by Gasteiger charge is 2.57. The third-order valence-corrected chi connectivity index (χ3v) is 8.33. The van der Waals surface area contributed by atoms with Crippen LogP contribution in [0.4, 0.5) is 0 Å². The van der Waals surface area contributed by atoms with Crippen LogP contribution in [0.3, 0.4) is 0 Å². The van der Waals surface area contributed by atoms with Crippen molar-refractivity contribution in [2.75, 3.05) is 0 Å². The Morgan fingerprint density at radius 2 is 1.51 bits per heavy atom. The van der Waals surface area contributed by atoms with Gasteiger partial charge in [0.1, 0.15) is 11.4 Å². The monoisotopic (exact) mass is 595 g/mol. The number of hydrogen-bond acceptors (Lipinski definition) is 8. The first kappa shape index (κ1) is 27.9. The lowest BCUT2D eigenvalue weighted by Crippen LogP contribution is -2.74. The number of aromatic amines is 2. The third kappa shape index (κ3) is 5.64. The standard InChI is InChI=1S/C31H25N5O6S/c37-22(16-18-10-4-1-5-11-18)32-24-28(39)36-25(21(17-43-29(24)36)23-27(38)33-31(41)35-34-23)30(40)42-26(19-12-6-2-7-13-19)20-14-8-3-9-15-20/h1-15,17,24-26,29H,16H2,(H,32,37)(H2,33,35,38,41)/t24?,25?,29-/m1/s1. The van der Waals surface area contributed by atoms with E-state index < -0.39 is 46.7 Å². The second-order valence-corrected chi connectivity index (χ2v) is 10.9. The van der Waals surface area contributed by atoms with Gasteiger partial charge in [-0.15, -0.1) is 11.8 Å². The van der Waals surface area contributed by atoms with Crippen LogP contribution in [0, 0.1) is 0 Å². The average molecular weight is 596 g/mol. The first-order valence-electron chi connectivity index (χ1n) is 13.4. The quantitative estimate of drug-likeness (QED) is 0.207. The molecule has 43 heavy (non-hydrogen) atoms. The molecule has 2 amide bonds. The highest BCUT2D eigenvalue weighted by Crippen LogP contribution is 2.43. The number of thioether (sulfide) groups is 1. The van der Waals surface area contributed by atoms with Crippen molar-refractivity contribution in [3.8, 4) is 0 Å². The Hall–Kier alpha value is -5.23. The maximum Gasteiger partial charge on any atom is 0.342 e. The van der Waals surface area contributed by atoms with E-state index in [4.69, 9.17) is 4.74 Å². The van der Waals surface area contributed by atoms with Crippen molar-refractivity contribution < 1.29 is 19.1 Å². The van der Waals surface area contributed by atoms with E-state index in [0.717, 1.165) is 17.3 Å². The highest BCUT2D eigenvalue weighted by molar-refractivity contribution is 8.03. The summed E-state index contributed by atoms with van der Waals surface area (Å²) in [6.07, 6.45) is -0.732. The molecule has 1 saturated heterocycles. The molecule has 12 heteroatoms. The number of ether oxygens (including phenoxy) is 1. The number of H-pyrrole nitrogens is 2. The molecule has 3 atom stereocenters. The molecule has 2 aliphatic heterocycles. The van der Waals surface area contributed by atoms with Crippen molar-refractivity contribution in [2.45, 2.75) is 30.0 Å². The number of aromatic nitrogens is 3. The number of rotatable bonds is 8. The lowest BCUT2D eigenvalue weighted by Gasteiger charge is -2.51. The van der Waals surface area contributed by atoms with Crippen LogP contribution in [-0.4, -0.2) is 55.3 Å². The zero-order chi connectivity index (χ0) is 29.9. The molecule has 1 aromatic heterocycles. The van der Waals surface area contributed by atoms with Gasteiger partial charge in [0, 0.05) is 5.57 Å². The van der Waals surface area contributed by atoms with E-state index in [1.807, 2.05) is 91.0 Å². The van der Waals surface area contributed by atoms with Gasteiger partial charge in [-0.25, -0.2) is 14.7 Å². The second-order valence-electron chi connectivity index (χ2n) is 9.95. The molecule has 3 aromatic carbocycles. The van der Waals surface area contributed by atoms with Crippen LogP contribution in [0.5, 0.6) is 0 Å². The number of nitrogens with one attached hydrogen (secondary N) is 3. The summed E-state index contributed by atoms with van der Waals surface area (Å²) in [5, 5.41) is 9.74. The molecule has 2 aliphatic rings. The van der Waals surface area contributed by atoms with Gasteiger partial charge in [-0.2, -0.15) is 5.10 Å². The van der Waals surface area contributed by atoms with Crippen LogP contribution in [0.2, 0.25) is 0 Å². The van der Waals surface area contributed by atoms with Gasteiger partial charge >= 0.3 is 11.7 Å². The van der Waals surface area contributed by atoms with Crippen molar-refractivity contribution >= 4 is 35.1 Å². The van der Waals surface area contributed by atoms with E-state index in [1.54, 1.807) is 5.41 Å².